The van der Waals surface area contributed by atoms with Crippen molar-refractivity contribution >= 4 is 16.0 Å². The molecule has 4 rings (SSSR count). The van der Waals surface area contributed by atoms with Crippen molar-refractivity contribution in [1.82, 2.24) is 5.32 Å². The first-order chi connectivity index (χ1) is 15.9. The van der Waals surface area contributed by atoms with Crippen LogP contribution in [0.25, 0.3) is 0 Å². The number of rotatable bonds is 7. The number of carbonyl (C=O) groups excluding carboxylic acids is 1. The van der Waals surface area contributed by atoms with Crippen LogP contribution in [0.5, 0.6) is 0 Å². The zero-order valence-corrected chi connectivity index (χ0v) is 21.9. The van der Waals surface area contributed by atoms with Gasteiger partial charge in [0.05, 0.1) is 18.0 Å². The van der Waals surface area contributed by atoms with Gasteiger partial charge in [0.25, 0.3) is 10.1 Å². The summed E-state index contributed by atoms with van der Waals surface area (Å²) in [6.07, 6.45) is 8.93. The van der Waals surface area contributed by atoms with Crippen LogP contribution in [-0.2, 0) is 14.9 Å². The van der Waals surface area contributed by atoms with Gasteiger partial charge in [-0.3, -0.25) is 9.35 Å². The number of nitrogens with one attached hydrogen (secondary N) is 1. The number of aliphatic hydroxyl groups excluding tert-OH is 2. The summed E-state index contributed by atoms with van der Waals surface area (Å²) in [4.78, 5) is 12.2. The van der Waals surface area contributed by atoms with Crippen LogP contribution < -0.4 is 5.32 Å². The summed E-state index contributed by atoms with van der Waals surface area (Å²) >= 11 is 0. The zero-order valence-electron chi connectivity index (χ0n) is 21.1. The van der Waals surface area contributed by atoms with Crippen LogP contribution in [0.3, 0.4) is 0 Å². The lowest BCUT2D eigenvalue weighted by Crippen LogP contribution is -2.58. The molecule has 0 aliphatic heterocycles. The highest BCUT2D eigenvalue weighted by Crippen LogP contribution is 2.68. The average Bonchev–Trinajstić information content (AvgIpc) is 3.11. The second-order valence-electron chi connectivity index (χ2n) is 12.5. The van der Waals surface area contributed by atoms with Crippen molar-refractivity contribution < 1.29 is 28.0 Å². The summed E-state index contributed by atoms with van der Waals surface area (Å²) < 4.78 is 30.5. The summed E-state index contributed by atoms with van der Waals surface area (Å²) in [7, 11) is -4.07. The lowest BCUT2D eigenvalue weighted by Gasteiger charge is -2.62. The Balaban J connectivity index is 1.40. The molecule has 4 aliphatic rings. The van der Waals surface area contributed by atoms with E-state index in [9.17, 15) is 23.4 Å². The molecule has 4 aliphatic carbocycles. The van der Waals surface area contributed by atoms with Gasteiger partial charge in [-0.2, -0.15) is 8.42 Å². The van der Waals surface area contributed by atoms with E-state index in [4.69, 9.17) is 4.55 Å². The van der Waals surface area contributed by atoms with Crippen molar-refractivity contribution in [2.45, 2.75) is 97.2 Å². The molecular formula is C26H45NO6S. The third kappa shape index (κ3) is 4.81. The standard InChI is InChI=1S/C26H45NO6S/c1-16(4-9-24(30)27-12-13-34(31,32)33)20-7-8-21-19-6-5-17-14-18(28)10-11-25(17,2)22(19)15-23(29)26(20,21)3/h16-23,28-29H,4-15H2,1-3H3,(H,27,30)(H,31,32,33)/t16-,17+,18-,19+,20-,21-,22-,23+,25+,26-/m1/s1. The molecule has 4 saturated carbocycles. The Morgan fingerprint density at radius 3 is 2.50 bits per heavy atom. The van der Waals surface area contributed by atoms with Gasteiger partial charge >= 0.3 is 0 Å². The predicted molar refractivity (Wildman–Crippen MR) is 130 cm³/mol. The van der Waals surface area contributed by atoms with E-state index in [1.165, 1.54) is 12.8 Å². The van der Waals surface area contributed by atoms with Gasteiger partial charge in [-0.25, -0.2) is 0 Å². The zero-order chi connectivity index (χ0) is 24.9. The molecule has 0 unspecified atom stereocenters. The van der Waals surface area contributed by atoms with E-state index in [0.29, 0.717) is 48.3 Å². The average molecular weight is 500 g/mol. The van der Waals surface area contributed by atoms with Crippen molar-refractivity contribution in [2.24, 2.45) is 46.3 Å². The van der Waals surface area contributed by atoms with Crippen LogP contribution in [0.4, 0.5) is 0 Å². The van der Waals surface area contributed by atoms with Gasteiger partial charge in [0.2, 0.25) is 5.91 Å². The molecule has 0 aromatic rings. The smallest absolute Gasteiger partial charge is 0.266 e. The minimum absolute atomic E-state index is 0.0756. The topological polar surface area (TPSA) is 124 Å². The van der Waals surface area contributed by atoms with Crippen molar-refractivity contribution in [2.75, 3.05) is 12.3 Å². The first-order valence-corrected chi connectivity index (χ1v) is 15.0. The molecule has 10 atom stereocenters. The molecule has 0 bridgehead atoms. The highest BCUT2D eigenvalue weighted by molar-refractivity contribution is 7.85. The van der Waals surface area contributed by atoms with Crippen molar-refractivity contribution in [3.05, 3.63) is 0 Å². The van der Waals surface area contributed by atoms with Crippen LogP contribution in [0.15, 0.2) is 0 Å². The quantitative estimate of drug-likeness (QED) is 0.398. The number of carbonyl (C=O) groups is 1. The van der Waals surface area contributed by atoms with Gasteiger partial charge in [-0.1, -0.05) is 20.8 Å². The Morgan fingerprint density at radius 1 is 1.06 bits per heavy atom. The van der Waals surface area contributed by atoms with E-state index in [2.05, 4.69) is 26.1 Å². The highest BCUT2D eigenvalue weighted by atomic mass is 32.2. The third-order valence-electron chi connectivity index (χ3n) is 11.0. The van der Waals surface area contributed by atoms with Gasteiger partial charge in [-0.05, 0) is 104 Å². The molecule has 34 heavy (non-hydrogen) atoms. The molecule has 0 heterocycles. The fourth-order valence-corrected chi connectivity index (χ4v) is 9.49. The van der Waals surface area contributed by atoms with E-state index < -0.39 is 15.9 Å². The summed E-state index contributed by atoms with van der Waals surface area (Å²) in [5, 5.41) is 24.5. The maximum atomic E-state index is 12.2. The van der Waals surface area contributed by atoms with Gasteiger partial charge in [-0.15, -0.1) is 0 Å². The third-order valence-corrected chi connectivity index (χ3v) is 11.7. The van der Waals surface area contributed by atoms with E-state index in [1.807, 2.05) is 0 Å². The lowest BCUT2D eigenvalue weighted by atomic mass is 9.43. The maximum Gasteiger partial charge on any atom is 0.266 e. The molecule has 0 aromatic carbocycles. The first-order valence-electron chi connectivity index (χ1n) is 13.4. The number of fused-ring (bicyclic) bond motifs is 5. The van der Waals surface area contributed by atoms with Gasteiger partial charge in [0, 0.05) is 13.0 Å². The molecule has 0 radical (unpaired) electrons. The van der Waals surface area contributed by atoms with Gasteiger partial charge in [0.1, 0.15) is 0 Å². The Kier molecular flexibility index (Phi) is 7.47. The number of hydrogen-bond donors (Lipinski definition) is 4. The Hall–Kier alpha value is -0.700. The van der Waals surface area contributed by atoms with Crippen LogP contribution in [0.2, 0.25) is 0 Å². The Bertz CT molecular complexity index is 863. The van der Waals surface area contributed by atoms with E-state index in [1.54, 1.807) is 0 Å². The Labute approximate surface area is 205 Å². The van der Waals surface area contributed by atoms with Crippen LogP contribution >= 0.6 is 0 Å². The van der Waals surface area contributed by atoms with Crippen molar-refractivity contribution in [3.8, 4) is 0 Å². The van der Waals surface area contributed by atoms with E-state index >= 15 is 0 Å². The molecule has 196 valence electrons. The second-order valence-corrected chi connectivity index (χ2v) is 14.1. The fourth-order valence-electron chi connectivity index (χ4n) is 9.13. The SMILES string of the molecule is C[C@H](CCC(=O)NCCS(=O)(=O)O)[C@H]1CC[C@@H]2[C@@H]3CC[C@H]4C[C@H](O)CC[C@]4(C)[C@@H]3C[C@H](O)[C@@]21C. The molecule has 0 spiro atoms. The molecule has 0 saturated heterocycles. The summed E-state index contributed by atoms with van der Waals surface area (Å²) in [6.45, 7) is 6.86. The van der Waals surface area contributed by atoms with Gasteiger partial charge < -0.3 is 15.5 Å². The first kappa shape index (κ1) is 26.4. The maximum absolute atomic E-state index is 12.2. The molecule has 4 fully saturated rings. The molecule has 0 aromatic heterocycles. The van der Waals surface area contributed by atoms with Crippen LogP contribution in [-0.4, -0.2) is 53.6 Å². The normalized spacial score (nSPS) is 45.1. The fraction of sp³-hybridized carbons (Fsp3) is 0.962. The molecular weight excluding hydrogens is 454 g/mol. The van der Waals surface area contributed by atoms with Crippen molar-refractivity contribution in [1.29, 1.82) is 0 Å². The molecule has 1 amide bonds. The van der Waals surface area contributed by atoms with Crippen LogP contribution in [0.1, 0.15) is 85.0 Å². The van der Waals surface area contributed by atoms with Crippen LogP contribution in [0, 0.1) is 46.3 Å². The molecule has 7 nitrogen and oxygen atoms in total. The number of hydrogen-bond acceptors (Lipinski definition) is 5. The molecule has 4 N–H and O–H groups in total. The molecule has 8 heteroatoms. The largest absolute Gasteiger partial charge is 0.393 e. The minimum Gasteiger partial charge on any atom is -0.393 e. The highest BCUT2D eigenvalue weighted by Gasteiger charge is 2.63. The Morgan fingerprint density at radius 2 is 1.79 bits per heavy atom. The summed E-state index contributed by atoms with van der Waals surface area (Å²) in [6, 6.07) is 0. The minimum atomic E-state index is -4.07. The van der Waals surface area contributed by atoms with Gasteiger partial charge in [0.15, 0.2) is 0 Å². The monoisotopic (exact) mass is 499 g/mol. The second kappa shape index (κ2) is 9.64. The number of aliphatic hydroxyl groups is 2. The van der Waals surface area contributed by atoms with Crippen molar-refractivity contribution in [3.63, 3.8) is 0 Å². The van der Waals surface area contributed by atoms with E-state index in [-0.39, 0.29) is 35.5 Å². The lowest BCUT2D eigenvalue weighted by molar-refractivity contribution is -0.174. The summed E-state index contributed by atoms with van der Waals surface area (Å²) in [5.41, 5.74) is 0.105. The summed E-state index contributed by atoms with van der Waals surface area (Å²) in [5.74, 6) is 2.28. The number of amides is 1. The predicted octanol–water partition coefficient (Wildman–Crippen LogP) is 3.40. The van der Waals surface area contributed by atoms with E-state index in [0.717, 1.165) is 38.5 Å².